The van der Waals surface area contributed by atoms with Gasteiger partial charge in [-0.05, 0) is 19.8 Å². The van der Waals surface area contributed by atoms with Crippen LogP contribution in [0.1, 0.15) is 46.0 Å². The molecule has 1 rings (SSSR count). The van der Waals surface area contributed by atoms with E-state index in [-0.39, 0.29) is 24.4 Å². The maximum absolute atomic E-state index is 13.4. The first-order valence-corrected chi connectivity index (χ1v) is 7.89. The van der Waals surface area contributed by atoms with E-state index in [1.807, 2.05) is 6.92 Å². The molecule has 24 heavy (non-hydrogen) atoms. The Morgan fingerprint density at radius 3 is 2.42 bits per heavy atom. The predicted octanol–water partition coefficient (Wildman–Crippen LogP) is 2.91. The fourth-order valence-electron chi connectivity index (χ4n) is 2.78. The molecule has 1 aliphatic rings. The summed E-state index contributed by atoms with van der Waals surface area (Å²) in [7, 11) is 1.14. The van der Waals surface area contributed by atoms with Gasteiger partial charge in [-0.15, -0.1) is 0 Å². The van der Waals surface area contributed by atoms with E-state index in [9.17, 15) is 27.9 Å². The molecule has 0 radical (unpaired) electrons. The zero-order valence-corrected chi connectivity index (χ0v) is 14.0. The average Bonchev–Trinajstić information content (AvgIpc) is 2.48. The Morgan fingerprint density at radius 2 is 1.96 bits per heavy atom. The lowest BCUT2D eigenvalue weighted by Crippen LogP contribution is -2.59. The second kappa shape index (κ2) is 8.00. The highest BCUT2D eigenvalue weighted by Gasteiger charge is 2.66. The molecule has 0 heterocycles. The molecule has 5 nitrogen and oxygen atoms in total. The minimum absolute atomic E-state index is 0.0259. The van der Waals surface area contributed by atoms with E-state index in [0.29, 0.717) is 6.42 Å². The first-order chi connectivity index (χ1) is 11.1. The molecule has 0 aromatic rings. The minimum Gasteiger partial charge on any atom is -0.501 e. The number of Topliss-reactive ketones (excluding diaryl/α,β-unsaturated/α-hetero) is 1. The Kier molecular flexibility index (Phi) is 6.83. The molecular weight excluding hydrogens is 329 g/mol. The third kappa shape index (κ3) is 3.91. The number of esters is 1. The Hall–Kier alpha value is -1.57. The molecule has 2 unspecified atom stereocenters. The summed E-state index contributed by atoms with van der Waals surface area (Å²) in [5.74, 6) is -5.00. The second-order valence-corrected chi connectivity index (χ2v) is 5.71. The first-order valence-electron chi connectivity index (χ1n) is 7.89. The summed E-state index contributed by atoms with van der Waals surface area (Å²) in [5, 5.41) is 10.2. The van der Waals surface area contributed by atoms with Crippen LogP contribution in [0.3, 0.4) is 0 Å². The van der Waals surface area contributed by atoms with Crippen molar-refractivity contribution in [1.82, 2.24) is 0 Å². The van der Waals surface area contributed by atoms with Gasteiger partial charge in [0.2, 0.25) is 0 Å². The summed E-state index contributed by atoms with van der Waals surface area (Å²) in [6.45, 7) is 3.16. The van der Waals surface area contributed by atoms with Crippen LogP contribution >= 0.6 is 0 Å². The number of halogens is 3. The molecular formula is C16H23F3O5. The van der Waals surface area contributed by atoms with Crippen molar-refractivity contribution in [3.8, 4) is 0 Å². The van der Waals surface area contributed by atoms with Crippen molar-refractivity contribution < 1.29 is 37.3 Å². The van der Waals surface area contributed by atoms with E-state index >= 15 is 0 Å². The number of alkyl halides is 3. The Bertz CT molecular complexity index is 512. The molecule has 0 aromatic carbocycles. The molecule has 0 amide bonds. The highest BCUT2D eigenvalue weighted by molar-refractivity contribution is 6.10. The summed E-state index contributed by atoms with van der Waals surface area (Å²) in [5.41, 5.74) is -3.51. The van der Waals surface area contributed by atoms with Gasteiger partial charge >= 0.3 is 12.1 Å². The molecule has 138 valence electrons. The number of rotatable bonds is 7. The van der Waals surface area contributed by atoms with Crippen molar-refractivity contribution in [2.75, 3.05) is 13.7 Å². The molecule has 8 heteroatoms. The van der Waals surface area contributed by atoms with E-state index in [0.717, 1.165) is 20.0 Å². The minimum atomic E-state index is -5.18. The summed E-state index contributed by atoms with van der Waals surface area (Å²) < 4.78 is 49.7. The smallest absolute Gasteiger partial charge is 0.418 e. The molecule has 0 aliphatic heterocycles. The van der Waals surface area contributed by atoms with Crippen molar-refractivity contribution in [2.45, 2.75) is 57.7 Å². The van der Waals surface area contributed by atoms with E-state index in [4.69, 9.17) is 4.74 Å². The van der Waals surface area contributed by atoms with Gasteiger partial charge in [0.05, 0.1) is 13.7 Å². The maximum Gasteiger partial charge on any atom is 0.418 e. The summed E-state index contributed by atoms with van der Waals surface area (Å²) in [6, 6.07) is 0. The van der Waals surface area contributed by atoms with Gasteiger partial charge < -0.3 is 14.6 Å². The number of hydrogen-bond acceptors (Lipinski definition) is 5. The van der Waals surface area contributed by atoms with Gasteiger partial charge in [0.1, 0.15) is 5.76 Å². The van der Waals surface area contributed by atoms with Crippen LogP contribution in [-0.2, 0) is 19.1 Å². The number of ketones is 1. The number of unbranched alkanes of at least 4 members (excludes halogenated alkanes) is 2. The lowest BCUT2D eigenvalue weighted by atomic mass is 9.72. The zero-order valence-electron chi connectivity index (χ0n) is 14.0. The average molecular weight is 352 g/mol. The van der Waals surface area contributed by atoms with Crippen molar-refractivity contribution in [3.63, 3.8) is 0 Å². The first kappa shape index (κ1) is 20.5. The van der Waals surface area contributed by atoms with E-state index < -0.39 is 35.9 Å². The van der Waals surface area contributed by atoms with Crippen molar-refractivity contribution in [2.24, 2.45) is 5.92 Å². The lowest BCUT2D eigenvalue weighted by Gasteiger charge is -2.39. The molecule has 0 saturated heterocycles. The SMILES string of the molecule is CCCCCC1=C(OC)CC(O)(C(F)(F)F)C(C(=O)OCC)C1=O. The Labute approximate surface area is 138 Å². The van der Waals surface area contributed by atoms with Gasteiger partial charge in [0.25, 0.3) is 0 Å². The number of methoxy groups -OCH3 is 1. The maximum atomic E-state index is 13.4. The van der Waals surface area contributed by atoms with Gasteiger partial charge in [-0.1, -0.05) is 19.8 Å². The van der Waals surface area contributed by atoms with Gasteiger partial charge in [0, 0.05) is 12.0 Å². The summed E-state index contributed by atoms with van der Waals surface area (Å²) in [4.78, 5) is 24.5. The van der Waals surface area contributed by atoms with Crippen LogP contribution in [0, 0.1) is 5.92 Å². The van der Waals surface area contributed by atoms with Gasteiger partial charge in [-0.2, -0.15) is 13.2 Å². The van der Waals surface area contributed by atoms with Crippen LogP contribution in [0.25, 0.3) is 0 Å². The van der Waals surface area contributed by atoms with Crippen LogP contribution in [0.5, 0.6) is 0 Å². The predicted molar refractivity (Wildman–Crippen MR) is 78.9 cm³/mol. The van der Waals surface area contributed by atoms with E-state index in [1.54, 1.807) is 0 Å². The highest BCUT2D eigenvalue weighted by Crippen LogP contribution is 2.47. The fourth-order valence-corrected chi connectivity index (χ4v) is 2.78. The quantitative estimate of drug-likeness (QED) is 0.433. The van der Waals surface area contributed by atoms with Gasteiger partial charge in [-0.25, -0.2) is 0 Å². The molecule has 0 bridgehead atoms. The second-order valence-electron chi connectivity index (χ2n) is 5.71. The monoisotopic (exact) mass is 352 g/mol. The van der Waals surface area contributed by atoms with E-state index in [1.165, 1.54) is 6.92 Å². The number of ether oxygens (including phenoxy) is 2. The summed E-state index contributed by atoms with van der Waals surface area (Å²) in [6.07, 6.45) is -3.76. The molecule has 0 saturated carbocycles. The molecule has 0 aromatic heterocycles. The molecule has 1 aliphatic carbocycles. The number of carbonyl (C=O) groups excluding carboxylic acids is 2. The lowest BCUT2D eigenvalue weighted by molar-refractivity contribution is -0.279. The molecule has 2 atom stereocenters. The number of hydrogen-bond donors (Lipinski definition) is 1. The standard InChI is InChI=1S/C16H23F3O5/c1-4-6-7-8-10-11(23-3)9-15(22,16(17,18)19)12(13(10)20)14(21)24-5-2/h12,22H,4-9H2,1-3H3. The number of allylic oxidation sites excluding steroid dienone is 1. The topological polar surface area (TPSA) is 72.8 Å². The van der Waals surface area contributed by atoms with Crippen molar-refractivity contribution in [1.29, 1.82) is 0 Å². The highest BCUT2D eigenvalue weighted by atomic mass is 19.4. The summed E-state index contributed by atoms with van der Waals surface area (Å²) >= 11 is 0. The van der Waals surface area contributed by atoms with Crippen LogP contribution in [0.4, 0.5) is 13.2 Å². The van der Waals surface area contributed by atoms with Crippen molar-refractivity contribution >= 4 is 11.8 Å². The molecule has 1 N–H and O–H groups in total. The number of carbonyl (C=O) groups is 2. The third-order valence-electron chi connectivity index (χ3n) is 4.09. The normalized spacial score (nSPS) is 25.0. The van der Waals surface area contributed by atoms with Crippen LogP contribution < -0.4 is 0 Å². The Balaban J connectivity index is 3.34. The molecule has 0 fully saturated rings. The fraction of sp³-hybridized carbons (Fsp3) is 0.750. The Morgan fingerprint density at radius 1 is 1.33 bits per heavy atom. The van der Waals surface area contributed by atoms with Crippen LogP contribution in [0.2, 0.25) is 0 Å². The van der Waals surface area contributed by atoms with Crippen LogP contribution in [0.15, 0.2) is 11.3 Å². The largest absolute Gasteiger partial charge is 0.501 e. The van der Waals surface area contributed by atoms with Gasteiger partial charge in [0.15, 0.2) is 17.3 Å². The van der Waals surface area contributed by atoms with Crippen LogP contribution in [-0.4, -0.2) is 42.4 Å². The number of aliphatic hydroxyl groups is 1. The van der Waals surface area contributed by atoms with Crippen molar-refractivity contribution in [3.05, 3.63) is 11.3 Å². The van der Waals surface area contributed by atoms with Gasteiger partial charge in [-0.3, -0.25) is 9.59 Å². The third-order valence-corrected chi connectivity index (χ3v) is 4.09. The molecule has 0 spiro atoms. The van der Waals surface area contributed by atoms with E-state index in [2.05, 4.69) is 4.74 Å². The zero-order chi connectivity index (χ0) is 18.5.